The molecule has 0 spiro atoms. The van der Waals surface area contributed by atoms with Crippen molar-refractivity contribution in [1.29, 1.82) is 0 Å². The summed E-state index contributed by atoms with van der Waals surface area (Å²) in [6.07, 6.45) is 15.6. The van der Waals surface area contributed by atoms with Gasteiger partial charge in [-0.25, -0.2) is 36.6 Å². The van der Waals surface area contributed by atoms with Crippen LogP contribution in [0.3, 0.4) is 0 Å². The van der Waals surface area contributed by atoms with Gasteiger partial charge in [-0.2, -0.15) is 10.2 Å². The van der Waals surface area contributed by atoms with Crippen molar-refractivity contribution in [3.8, 4) is 0 Å². The Balaban J connectivity index is 0.000000179. The van der Waals surface area contributed by atoms with Gasteiger partial charge >= 0.3 is 0 Å². The molecule has 0 radical (unpaired) electrons. The quantitative estimate of drug-likeness (QED) is 0.0887. The number of allylic oxidation sites excluding steroid dienone is 1. The summed E-state index contributed by atoms with van der Waals surface area (Å²) in [5.74, 6) is -1.03. The van der Waals surface area contributed by atoms with Gasteiger partial charge in [-0.05, 0) is 137 Å². The zero-order valence-electron chi connectivity index (χ0n) is 48.7. The molecule has 1 saturated carbocycles. The van der Waals surface area contributed by atoms with Crippen molar-refractivity contribution >= 4 is 57.5 Å². The van der Waals surface area contributed by atoms with Crippen molar-refractivity contribution < 1.29 is 27.2 Å². The van der Waals surface area contributed by atoms with E-state index in [4.69, 9.17) is 9.97 Å². The minimum atomic E-state index is -0.466. The molecule has 8 aromatic rings. The molecule has 0 bridgehead atoms. The summed E-state index contributed by atoms with van der Waals surface area (Å²) in [5.41, 5.74) is 7.93. The zero-order valence-corrected chi connectivity index (χ0v) is 48.7. The average Bonchev–Trinajstić information content (AvgIpc) is 3.31. The lowest BCUT2D eigenvalue weighted by molar-refractivity contribution is 0.101. The molecule has 17 nitrogen and oxygen atoms in total. The van der Waals surface area contributed by atoms with Crippen molar-refractivity contribution in [3.05, 3.63) is 179 Å². The average molecular weight is 1190 g/mol. The summed E-state index contributed by atoms with van der Waals surface area (Å²) >= 11 is 0. The summed E-state index contributed by atoms with van der Waals surface area (Å²) in [6, 6.07) is 24.2. The highest BCUT2D eigenvalue weighted by molar-refractivity contribution is 6.10. The molecular weight excluding hydrogens is 1110 g/mol. The number of amides is 2. The molecule has 21 heteroatoms. The van der Waals surface area contributed by atoms with Crippen LogP contribution >= 0.6 is 0 Å². The third-order valence-electron chi connectivity index (χ3n) is 17.5. The molecular formula is C66H77F4N15O2. The van der Waals surface area contributed by atoms with E-state index in [0.717, 1.165) is 119 Å². The first kappa shape index (κ1) is 60.1. The molecule has 4 saturated heterocycles. The van der Waals surface area contributed by atoms with Crippen LogP contribution in [0.25, 0.3) is 11.3 Å². The van der Waals surface area contributed by atoms with Gasteiger partial charge in [0.25, 0.3) is 11.8 Å². The Morgan fingerprint density at radius 3 is 1.69 bits per heavy atom. The van der Waals surface area contributed by atoms with E-state index in [0.29, 0.717) is 88.5 Å². The Kier molecular flexibility index (Phi) is 18.4. The molecule has 8 heterocycles. The number of hydrogen-bond acceptors (Lipinski definition) is 13. The summed E-state index contributed by atoms with van der Waals surface area (Å²) in [5, 5.41) is 18.5. The topological polar surface area (TPSA) is 150 Å². The number of benzene rings is 4. The summed E-state index contributed by atoms with van der Waals surface area (Å²) in [6.45, 7) is 16.1. The second kappa shape index (κ2) is 26.6. The number of carbonyl (C=O) groups excluding carboxylic acids is 2. The van der Waals surface area contributed by atoms with E-state index < -0.39 is 23.3 Å². The van der Waals surface area contributed by atoms with Gasteiger partial charge in [0.2, 0.25) is 0 Å². The summed E-state index contributed by atoms with van der Waals surface area (Å²) in [4.78, 5) is 50.0. The lowest BCUT2D eigenvalue weighted by Gasteiger charge is -2.36. The van der Waals surface area contributed by atoms with Gasteiger partial charge in [0, 0.05) is 124 Å². The SMILES string of the molecule is C.C=C(C)N1CCN(Cc2ccc(C(=O)Nc3cnn4ccc(N5CCCC5c5cc(F)ccc5F)nc34)cc2)CC1.CN1CCN(c2ccc(C(=O)Nc3cnn4ccc(N5CCCC5c5cc(F)ccc5F)nc34)c(NC3CCCCC3)c2)CC1. The van der Waals surface area contributed by atoms with E-state index in [2.05, 4.69) is 65.4 Å². The zero-order chi connectivity index (χ0) is 59.4. The minimum absolute atomic E-state index is 0. The van der Waals surface area contributed by atoms with E-state index in [1.165, 1.54) is 43.5 Å². The predicted octanol–water partition coefficient (Wildman–Crippen LogP) is 12.0. The van der Waals surface area contributed by atoms with Gasteiger partial charge < -0.3 is 40.4 Å². The predicted molar refractivity (Wildman–Crippen MR) is 335 cm³/mol. The smallest absolute Gasteiger partial charge is 0.257 e. The Hall–Kier alpha value is -8.56. The van der Waals surface area contributed by atoms with Crippen LogP contribution in [-0.2, 0) is 6.54 Å². The number of likely N-dealkylation sites (N-methyl/N-ethyl adjacent to an activating group) is 1. The third-order valence-corrected chi connectivity index (χ3v) is 17.5. The molecule has 4 aromatic heterocycles. The molecule has 2 unspecified atom stereocenters. The number of fused-ring (bicyclic) bond motifs is 2. The Morgan fingerprint density at radius 2 is 1.14 bits per heavy atom. The van der Waals surface area contributed by atoms with Crippen LogP contribution in [0.15, 0.2) is 128 Å². The number of rotatable bonds is 14. The monoisotopic (exact) mass is 1190 g/mol. The maximum absolute atomic E-state index is 14.7. The third kappa shape index (κ3) is 13.5. The molecule has 87 heavy (non-hydrogen) atoms. The molecule has 1 aliphatic carbocycles. The van der Waals surface area contributed by atoms with Crippen LogP contribution in [0.5, 0.6) is 0 Å². The number of nitrogens with zero attached hydrogens (tertiary/aromatic N) is 12. The fraction of sp³-hybridized carbons (Fsp3) is 0.394. The van der Waals surface area contributed by atoms with Crippen molar-refractivity contribution in [2.75, 3.05) is 103 Å². The van der Waals surface area contributed by atoms with Gasteiger partial charge in [-0.15, -0.1) is 0 Å². The molecule has 2 amide bonds. The number of hydrogen-bond donors (Lipinski definition) is 3. The van der Waals surface area contributed by atoms with E-state index in [1.807, 2.05) is 59.2 Å². The van der Waals surface area contributed by atoms with Crippen LogP contribution in [0.4, 0.5) is 51.9 Å². The van der Waals surface area contributed by atoms with Crippen molar-refractivity contribution in [2.45, 2.75) is 96.8 Å². The number of aromatic nitrogens is 6. The van der Waals surface area contributed by atoms with Crippen LogP contribution < -0.4 is 30.7 Å². The van der Waals surface area contributed by atoms with Gasteiger partial charge in [0.1, 0.15) is 46.3 Å². The second-order valence-corrected chi connectivity index (χ2v) is 23.4. The maximum atomic E-state index is 14.7. The highest BCUT2D eigenvalue weighted by Crippen LogP contribution is 2.39. The van der Waals surface area contributed by atoms with Crippen LogP contribution in [0.2, 0.25) is 0 Å². The van der Waals surface area contributed by atoms with E-state index >= 15 is 0 Å². The Bertz CT molecular complexity index is 3740. The Labute approximate surface area is 505 Å². The van der Waals surface area contributed by atoms with Crippen LogP contribution in [0, 0.1) is 23.3 Å². The summed E-state index contributed by atoms with van der Waals surface area (Å²) in [7, 11) is 2.15. The first-order valence-corrected chi connectivity index (χ1v) is 30.1. The van der Waals surface area contributed by atoms with Gasteiger partial charge in [-0.3, -0.25) is 14.5 Å². The minimum Gasteiger partial charge on any atom is -0.382 e. The molecule has 4 aromatic carbocycles. The molecule has 2 atom stereocenters. The van der Waals surface area contributed by atoms with E-state index in [1.54, 1.807) is 39.9 Å². The molecule has 456 valence electrons. The number of halogens is 4. The first-order valence-electron chi connectivity index (χ1n) is 30.1. The molecule has 5 fully saturated rings. The van der Waals surface area contributed by atoms with Crippen LogP contribution in [-0.4, -0.2) is 134 Å². The second-order valence-electron chi connectivity index (χ2n) is 23.4. The van der Waals surface area contributed by atoms with Crippen molar-refractivity contribution in [1.82, 2.24) is 43.9 Å². The van der Waals surface area contributed by atoms with E-state index in [9.17, 15) is 27.2 Å². The van der Waals surface area contributed by atoms with Gasteiger partial charge in [0.05, 0.1) is 30.0 Å². The summed E-state index contributed by atoms with van der Waals surface area (Å²) < 4.78 is 60.5. The molecule has 5 aliphatic rings. The number of nitrogens with one attached hydrogen (secondary N) is 3. The maximum Gasteiger partial charge on any atom is 0.257 e. The van der Waals surface area contributed by atoms with Crippen molar-refractivity contribution in [2.24, 2.45) is 0 Å². The normalized spacial score (nSPS) is 18.6. The lowest BCUT2D eigenvalue weighted by Crippen LogP contribution is -2.44. The number of piperazine rings is 2. The highest BCUT2D eigenvalue weighted by Gasteiger charge is 2.32. The molecule has 3 N–H and O–H groups in total. The van der Waals surface area contributed by atoms with Crippen molar-refractivity contribution in [3.63, 3.8) is 0 Å². The number of anilines is 6. The lowest BCUT2D eigenvalue weighted by atomic mass is 9.95. The first-order chi connectivity index (χ1) is 41.8. The fourth-order valence-electron chi connectivity index (χ4n) is 12.8. The van der Waals surface area contributed by atoms with Gasteiger partial charge in [-0.1, -0.05) is 45.4 Å². The highest BCUT2D eigenvalue weighted by atomic mass is 19.1. The molecule has 4 aliphatic heterocycles. The largest absolute Gasteiger partial charge is 0.382 e. The standard InChI is InChI=1S/C34H40F2N8O.C31H33F2N7O.CH4/c1-41-16-18-42(19-17-41)25-10-11-26(29(21-25)38-24-6-3-2-4-7-24)34(45)39-30-22-37-44-15-13-32(40-33(30)44)43-14-5-8-31(43)27-20-23(35)9-12-28(27)36;1-21(2)38-16-14-37(15-17-38)20-22-5-7-23(8-6-22)31(41)35-27-19-34-40-13-11-29(36-30(27)40)39-12-3-4-28(39)25-18-24(32)9-10-26(25)33;/h9-13,15,20-22,24,31,38H,2-8,14,16-19H2,1H3,(H,39,45);5-11,13,18-19,28H,1,3-4,12,14-17,20H2,2H3,(H,35,41);1H4. The van der Waals surface area contributed by atoms with Crippen LogP contribution in [0.1, 0.15) is 122 Å². The number of carbonyl (C=O) groups is 2. The molecule has 13 rings (SSSR count). The van der Waals surface area contributed by atoms with E-state index in [-0.39, 0.29) is 31.3 Å². The fourth-order valence-corrected chi connectivity index (χ4v) is 12.8. The Morgan fingerprint density at radius 1 is 0.586 bits per heavy atom. The van der Waals surface area contributed by atoms with Gasteiger partial charge in [0.15, 0.2) is 11.3 Å².